The van der Waals surface area contributed by atoms with Gasteiger partial charge in [0.15, 0.2) is 0 Å². The number of nitrogens with zero attached hydrogens (tertiary/aromatic N) is 3. The molecular weight excluding hydrogens is 252 g/mol. The standard InChI is InChI=1S/C15H18N4O/c1-3-7-17-14-10-12(6-9-18-14)15(20)19(2)13-5-4-8-16-11-13/h4-6,8-11H,3,7H2,1-2H3,(H,17,18). The number of nitrogens with one attached hydrogen (secondary N) is 1. The van der Waals surface area contributed by atoms with Gasteiger partial charge in [-0.25, -0.2) is 4.98 Å². The fourth-order valence-corrected chi connectivity index (χ4v) is 1.78. The van der Waals surface area contributed by atoms with Gasteiger partial charge in [0.1, 0.15) is 5.82 Å². The van der Waals surface area contributed by atoms with Gasteiger partial charge in [-0.1, -0.05) is 6.92 Å². The fourth-order valence-electron chi connectivity index (χ4n) is 1.78. The second-order valence-corrected chi connectivity index (χ2v) is 4.43. The fraction of sp³-hybridized carbons (Fsp3) is 0.267. The van der Waals surface area contributed by atoms with Crippen LogP contribution in [0.1, 0.15) is 23.7 Å². The summed E-state index contributed by atoms with van der Waals surface area (Å²) >= 11 is 0. The Kier molecular flexibility index (Phi) is 4.65. The smallest absolute Gasteiger partial charge is 0.258 e. The molecule has 5 nitrogen and oxygen atoms in total. The number of hydrogen-bond acceptors (Lipinski definition) is 4. The first-order valence-corrected chi connectivity index (χ1v) is 6.60. The van der Waals surface area contributed by atoms with E-state index in [1.54, 1.807) is 48.7 Å². The van der Waals surface area contributed by atoms with Crippen LogP contribution < -0.4 is 10.2 Å². The van der Waals surface area contributed by atoms with Crippen LogP contribution in [-0.4, -0.2) is 29.5 Å². The van der Waals surface area contributed by atoms with Crippen molar-refractivity contribution in [1.82, 2.24) is 9.97 Å². The number of carbonyl (C=O) groups is 1. The van der Waals surface area contributed by atoms with E-state index in [0.717, 1.165) is 24.5 Å². The third-order valence-corrected chi connectivity index (χ3v) is 2.90. The van der Waals surface area contributed by atoms with Crippen molar-refractivity contribution in [2.75, 3.05) is 23.8 Å². The Hall–Kier alpha value is -2.43. The van der Waals surface area contributed by atoms with Gasteiger partial charge in [-0.15, -0.1) is 0 Å². The van der Waals surface area contributed by atoms with Crippen molar-refractivity contribution in [3.63, 3.8) is 0 Å². The minimum absolute atomic E-state index is 0.0834. The van der Waals surface area contributed by atoms with E-state index in [-0.39, 0.29) is 5.91 Å². The molecule has 0 radical (unpaired) electrons. The zero-order valence-electron chi connectivity index (χ0n) is 11.7. The molecule has 0 aliphatic carbocycles. The van der Waals surface area contributed by atoms with Crippen molar-refractivity contribution in [1.29, 1.82) is 0 Å². The van der Waals surface area contributed by atoms with Crippen molar-refractivity contribution in [2.45, 2.75) is 13.3 Å². The molecule has 0 fully saturated rings. The Morgan fingerprint density at radius 3 is 2.90 bits per heavy atom. The minimum atomic E-state index is -0.0834. The van der Waals surface area contributed by atoms with E-state index in [9.17, 15) is 4.79 Å². The van der Waals surface area contributed by atoms with E-state index in [1.165, 1.54) is 0 Å². The third-order valence-electron chi connectivity index (χ3n) is 2.90. The first-order valence-electron chi connectivity index (χ1n) is 6.60. The molecule has 0 saturated carbocycles. The quantitative estimate of drug-likeness (QED) is 0.907. The summed E-state index contributed by atoms with van der Waals surface area (Å²) in [5.74, 6) is 0.636. The van der Waals surface area contributed by atoms with Gasteiger partial charge >= 0.3 is 0 Å². The van der Waals surface area contributed by atoms with Crippen LogP contribution in [0.3, 0.4) is 0 Å². The van der Waals surface area contributed by atoms with Crippen LogP contribution in [0.15, 0.2) is 42.9 Å². The maximum Gasteiger partial charge on any atom is 0.258 e. The first kappa shape index (κ1) is 14.0. The van der Waals surface area contributed by atoms with E-state index in [4.69, 9.17) is 0 Å². The second-order valence-electron chi connectivity index (χ2n) is 4.43. The summed E-state index contributed by atoms with van der Waals surface area (Å²) in [6.45, 7) is 2.92. The molecule has 0 bridgehead atoms. The predicted molar refractivity (Wildman–Crippen MR) is 80.0 cm³/mol. The maximum absolute atomic E-state index is 12.4. The van der Waals surface area contributed by atoms with Crippen LogP contribution in [0.5, 0.6) is 0 Å². The van der Waals surface area contributed by atoms with E-state index in [2.05, 4.69) is 22.2 Å². The molecule has 1 N–H and O–H groups in total. The Balaban J connectivity index is 2.16. The van der Waals surface area contributed by atoms with Crippen molar-refractivity contribution in [3.8, 4) is 0 Å². The maximum atomic E-state index is 12.4. The van der Waals surface area contributed by atoms with Gasteiger partial charge in [0.2, 0.25) is 0 Å². The van der Waals surface area contributed by atoms with Crippen LogP contribution in [0.4, 0.5) is 11.5 Å². The number of carbonyl (C=O) groups excluding carboxylic acids is 1. The van der Waals surface area contributed by atoms with Gasteiger partial charge in [0.25, 0.3) is 5.91 Å². The molecule has 0 spiro atoms. The zero-order valence-corrected chi connectivity index (χ0v) is 11.7. The van der Waals surface area contributed by atoms with Gasteiger partial charge < -0.3 is 10.2 Å². The molecule has 1 amide bonds. The number of amides is 1. The number of hydrogen-bond donors (Lipinski definition) is 1. The van der Waals surface area contributed by atoms with E-state index in [0.29, 0.717) is 5.56 Å². The van der Waals surface area contributed by atoms with E-state index in [1.807, 2.05) is 6.07 Å². The van der Waals surface area contributed by atoms with Crippen LogP contribution in [0, 0.1) is 0 Å². The minimum Gasteiger partial charge on any atom is -0.370 e. The lowest BCUT2D eigenvalue weighted by atomic mass is 10.2. The Morgan fingerprint density at radius 2 is 2.20 bits per heavy atom. The average molecular weight is 270 g/mol. The summed E-state index contributed by atoms with van der Waals surface area (Å²) in [7, 11) is 1.74. The van der Waals surface area contributed by atoms with Gasteiger partial charge in [-0.05, 0) is 30.7 Å². The molecule has 0 aliphatic heterocycles. The Morgan fingerprint density at radius 1 is 1.35 bits per heavy atom. The van der Waals surface area contributed by atoms with Crippen LogP contribution in [0.2, 0.25) is 0 Å². The zero-order chi connectivity index (χ0) is 14.4. The van der Waals surface area contributed by atoms with Gasteiger partial charge in [-0.3, -0.25) is 9.78 Å². The summed E-state index contributed by atoms with van der Waals surface area (Å²) in [6, 6.07) is 7.14. The molecule has 2 heterocycles. The van der Waals surface area contributed by atoms with Crippen molar-refractivity contribution >= 4 is 17.4 Å². The highest BCUT2D eigenvalue weighted by Gasteiger charge is 2.14. The molecule has 2 aromatic heterocycles. The van der Waals surface area contributed by atoms with Crippen molar-refractivity contribution in [2.24, 2.45) is 0 Å². The molecule has 2 aromatic rings. The average Bonchev–Trinajstić information content (AvgIpc) is 2.52. The SMILES string of the molecule is CCCNc1cc(C(=O)N(C)c2cccnc2)ccn1. The van der Waals surface area contributed by atoms with Crippen molar-refractivity contribution in [3.05, 3.63) is 48.4 Å². The summed E-state index contributed by atoms with van der Waals surface area (Å²) in [6.07, 6.45) is 5.99. The predicted octanol–water partition coefficient (Wildman–Crippen LogP) is 2.58. The molecule has 0 saturated heterocycles. The highest BCUT2D eigenvalue weighted by Crippen LogP contribution is 2.15. The summed E-state index contributed by atoms with van der Waals surface area (Å²) in [5, 5.41) is 3.17. The third kappa shape index (κ3) is 3.32. The molecule has 20 heavy (non-hydrogen) atoms. The number of rotatable bonds is 5. The summed E-state index contributed by atoms with van der Waals surface area (Å²) in [5.41, 5.74) is 1.36. The Bertz CT molecular complexity index is 571. The molecule has 104 valence electrons. The Labute approximate surface area is 118 Å². The summed E-state index contributed by atoms with van der Waals surface area (Å²) in [4.78, 5) is 22.2. The topological polar surface area (TPSA) is 58.1 Å². The largest absolute Gasteiger partial charge is 0.370 e. The highest BCUT2D eigenvalue weighted by molar-refractivity contribution is 6.05. The molecule has 2 rings (SSSR count). The van der Waals surface area contributed by atoms with Crippen molar-refractivity contribution < 1.29 is 4.79 Å². The van der Waals surface area contributed by atoms with Crippen LogP contribution in [-0.2, 0) is 0 Å². The van der Waals surface area contributed by atoms with Crippen LogP contribution in [0.25, 0.3) is 0 Å². The monoisotopic (exact) mass is 270 g/mol. The molecule has 0 atom stereocenters. The van der Waals surface area contributed by atoms with E-state index >= 15 is 0 Å². The lowest BCUT2D eigenvalue weighted by molar-refractivity contribution is 0.0993. The van der Waals surface area contributed by atoms with Gasteiger partial charge in [-0.2, -0.15) is 0 Å². The van der Waals surface area contributed by atoms with Crippen LogP contribution >= 0.6 is 0 Å². The molecule has 0 aromatic carbocycles. The summed E-state index contributed by atoms with van der Waals surface area (Å²) < 4.78 is 0. The number of pyridine rings is 2. The second kappa shape index (κ2) is 6.65. The number of aromatic nitrogens is 2. The van der Waals surface area contributed by atoms with Gasteiger partial charge in [0.05, 0.1) is 11.9 Å². The number of anilines is 2. The molecule has 0 unspecified atom stereocenters. The molecule has 5 heteroatoms. The normalized spacial score (nSPS) is 10.1. The van der Waals surface area contributed by atoms with Gasteiger partial charge in [0, 0.05) is 31.5 Å². The van der Waals surface area contributed by atoms with E-state index < -0.39 is 0 Å². The lowest BCUT2D eigenvalue weighted by Gasteiger charge is -2.17. The lowest BCUT2D eigenvalue weighted by Crippen LogP contribution is -2.26. The molecule has 0 aliphatic rings. The highest BCUT2D eigenvalue weighted by atomic mass is 16.2. The first-order chi connectivity index (χ1) is 9.72. The molecular formula is C15H18N4O.